The fourth-order valence-corrected chi connectivity index (χ4v) is 1.58. The molecule has 0 amide bonds. The maximum Gasteiger partial charge on any atom is 0.119 e. The van der Waals surface area contributed by atoms with Crippen LogP contribution < -0.4 is 10.5 Å². The maximum absolute atomic E-state index is 6.14. The molecular weight excluding hydrogens is 198 g/mol. The van der Waals surface area contributed by atoms with Crippen LogP contribution in [0.1, 0.15) is 32.8 Å². The lowest BCUT2D eigenvalue weighted by molar-refractivity contribution is 0.306. The SMILES string of the molecule is COc1cccc(CCC(N)C(C)(C)C)c1. The molecule has 1 unspecified atom stereocenters. The van der Waals surface area contributed by atoms with E-state index in [1.807, 2.05) is 12.1 Å². The zero-order valence-corrected chi connectivity index (χ0v) is 10.8. The van der Waals surface area contributed by atoms with Crippen molar-refractivity contribution in [2.24, 2.45) is 11.1 Å². The fourth-order valence-electron chi connectivity index (χ4n) is 1.58. The van der Waals surface area contributed by atoms with Crippen molar-refractivity contribution in [3.8, 4) is 5.75 Å². The van der Waals surface area contributed by atoms with E-state index in [9.17, 15) is 0 Å². The molecule has 0 aliphatic carbocycles. The number of aryl methyl sites for hydroxylation is 1. The first-order valence-corrected chi connectivity index (χ1v) is 5.82. The molecule has 1 atom stereocenters. The van der Waals surface area contributed by atoms with Gasteiger partial charge in [-0.3, -0.25) is 0 Å². The van der Waals surface area contributed by atoms with Crippen LogP contribution in [0, 0.1) is 5.41 Å². The number of methoxy groups -OCH3 is 1. The normalized spacial score (nSPS) is 13.6. The van der Waals surface area contributed by atoms with E-state index in [1.165, 1.54) is 5.56 Å². The average molecular weight is 221 g/mol. The molecule has 0 bridgehead atoms. The first-order chi connectivity index (χ1) is 7.43. The lowest BCUT2D eigenvalue weighted by Crippen LogP contribution is -2.35. The second-order valence-electron chi connectivity index (χ2n) is 5.36. The summed E-state index contributed by atoms with van der Waals surface area (Å²) in [6, 6.07) is 8.43. The Morgan fingerprint density at radius 1 is 1.31 bits per heavy atom. The molecule has 0 heterocycles. The van der Waals surface area contributed by atoms with Gasteiger partial charge in [0.05, 0.1) is 7.11 Å². The number of nitrogens with two attached hydrogens (primary N) is 1. The summed E-state index contributed by atoms with van der Waals surface area (Å²) >= 11 is 0. The molecule has 0 aliphatic rings. The summed E-state index contributed by atoms with van der Waals surface area (Å²) in [6.07, 6.45) is 2.02. The highest BCUT2D eigenvalue weighted by Crippen LogP contribution is 2.22. The molecule has 0 aliphatic heterocycles. The van der Waals surface area contributed by atoms with E-state index in [4.69, 9.17) is 10.5 Å². The van der Waals surface area contributed by atoms with Gasteiger partial charge in [-0.2, -0.15) is 0 Å². The number of hydrogen-bond acceptors (Lipinski definition) is 2. The summed E-state index contributed by atoms with van der Waals surface area (Å²) in [5, 5.41) is 0. The van der Waals surface area contributed by atoms with Crippen LogP contribution in [-0.4, -0.2) is 13.2 Å². The molecule has 90 valence electrons. The van der Waals surface area contributed by atoms with E-state index in [0.29, 0.717) is 0 Å². The molecular formula is C14H23NO. The standard InChI is InChI=1S/C14H23NO/c1-14(2,3)13(15)9-8-11-6-5-7-12(10-11)16-4/h5-7,10,13H,8-9,15H2,1-4H3. The molecule has 0 spiro atoms. The van der Waals surface area contributed by atoms with Gasteiger partial charge in [-0.05, 0) is 36.0 Å². The third kappa shape index (κ3) is 3.86. The smallest absolute Gasteiger partial charge is 0.119 e. The van der Waals surface area contributed by atoms with E-state index in [-0.39, 0.29) is 11.5 Å². The van der Waals surface area contributed by atoms with E-state index in [1.54, 1.807) is 7.11 Å². The van der Waals surface area contributed by atoms with E-state index in [2.05, 4.69) is 32.9 Å². The van der Waals surface area contributed by atoms with Gasteiger partial charge in [-0.15, -0.1) is 0 Å². The zero-order valence-electron chi connectivity index (χ0n) is 10.8. The molecule has 0 aromatic heterocycles. The van der Waals surface area contributed by atoms with Crippen LogP contribution in [0.3, 0.4) is 0 Å². The molecule has 0 fully saturated rings. The van der Waals surface area contributed by atoms with Crippen molar-refractivity contribution in [3.63, 3.8) is 0 Å². The van der Waals surface area contributed by atoms with Gasteiger partial charge in [0.2, 0.25) is 0 Å². The number of benzene rings is 1. The first kappa shape index (κ1) is 13.0. The van der Waals surface area contributed by atoms with Gasteiger partial charge < -0.3 is 10.5 Å². The van der Waals surface area contributed by atoms with Crippen LogP contribution in [0.2, 0.25) is 0 Å². The van der Waals surface area contributed by atoms with Gasteiger partial charge >= 0.3 is 0 Å². The second kappa shape index (κ2) is 5.35. The maximum atomic E-state index is 6.14. The molecule has 0 radical (unpaired) electrons. The average Bonchev–Trinajstić information content (AvgIpc) is 2.25. The second-order valence-corrected chi connectivity index (χ2v) is 5.36. The number of rotatable bonds is 4. The van der Waals surface area contributed by atoms with Crippen molar-refractivity contribution in [1.29, 1.82) is 0 Å². The topological polar surface area (TPSA) is 35.2 Å². The van der Waals surface area contributed by atoms with Crippen LogP contribution in [0.4, 0.5) is 0 Å². The lowest BCUT2D eigenvalue weighted by Gasteiger charge is -2.27. The largest absolute Gasteiger partial charge is 0.497 e. The Balaban J connectivity index is 2.54. The van der Waals surface area contributed by atoms with Crippen LogP contribution in [0.25, 0.3) is 0 Å². The minimum absolute atomic E-state index is 0.179. The summed E-state index contributed by atoms with van der Waals surface area (Å²) in [5.74, 6) is 0.918. The zero-order chi connectivity index (χ0) is 12.2. The predicted octanol–water partition coefficient (Wildman–Crippen LogP) is 3.00. The Bertz CT molecular complexity index is 328. The van der Waals surface area contributed by atoms with Crippen molar-refractivity contribution >= 4 is 0 Å². The highest BCUT2D eigenvalue weighted by atomic mass is 16.5. The van der Waals surface area contributed by atoms with Crippen LogP contribution in [-0.2, 0) is 6.42 Å². The molecule has 1 rings (SSSR count). The lowest BCUT2D eigenvalue weighted by atomic mass is 9.84. The van der Waals surface area contributed by atoms with Gasteiger partial charge in [0.1, 0.15) is 5.75 Å². The van der Waals surface area contributed by atoms with Crippen molar-refractivity contribution in [2.75, 3.05) is 7.11 Å². The molecule has 0 saturated carbocycles. The molecule has 0 saturated heterocycles. The molecule has 1 aromatic carbocycles. The Kier molecular flexibility index (Phi) is 4.36. The van der Waals surface area contributed by atoms with Gasteiger partial charge in [0.25, 0.3) is 0 Å². The van der Waals surface area contributed by atoms with E-state index in [0.717, 1.165) is 18.6 Å². The van der Waals surface area contributed by atoms with Gasteiger partial charge in [-0.25, -0.2) is 0 Å². The van der Waals surface area contributed by atoms with Crippen LogP contribution >= 0.6 is 0 Å². The highest BCUT2D eigenvalue weighted by Gasteiger charge is 2.19. The highest BCUT2D eigenvalue weighted by molar-refractivity contribution is 5.28. The summed E-state index contributed by atoms with van der Waals surface area (Å²) in [7, 11) is 1.69. The fraction of sp³-hybridized carbons (Fsp3) is 0.571. The van der Waals surface area contributed by atoms with Crippen molar-refractivity contribution < 1.29 is 4.74 Å². The van der Waals surface area contributed by atoms with Gasteiger partial charge in [0.15, 0.2) is 0 Å². The molecule has 16 heavy (non-hydrogen) atoms. The van der Waals surface area contributed by atoms with Gasteiger partial charge in [0, 0.05) is 6.04 Å². The number of ether oxygens (including phenoxy) is 1. The Morgan fingerprint density at radius 3 is 2.56 bits per heavy atom. The van der Waals surface area contributed by atoms with E-state index < -0.39 is 0 Å². The summed E-state index contributed by atoms with van der Waals surface area (Å²) in [6.45, 7) is 6.55. The quantitative estimate of drug-likeness (QED) is 0.848. The van der Waals surface area contributed by atoms with E-state index >= 15 is 0 Å². The first-order valence-electron chi connectivity index (χ1n) is 5.82. The van der Waals surface area contributed by atoms with Gasteiger partial charge in [-0.1, -0.05) is 32.9 Å². The summed E-state index contributed by atoms with van der Waals surface area (Å²) in [4.78, 5) is 0. The van der Waals surface area contributed by atoms with Crippen molar-refractivity contribution in [1.82, 2.24) is 0 Å². The number of hydrogen-bond donors (Lipinski definition) is 1. The molecule has 2 heteroatoms. The summed E-state index contributed by atoms with van der Waals surface area (Å²) in [5.41, 5.74) is 7.61. The Morgan fingerprint density at radius 2 is 2.00 bits per heavy atom. The monoisotopic (exact) mass is 221 g/mol. The van der Waals surface area contributed by atoms with Crippen LogP contribution in [0.15, 0.2) is 24.3 Å². The minimum atomic E-state index is 0.179. The molecule has 1 aromatic rings. The molecule has 2 nitrogen and oxygen atoms in total. The van der Waals surface area contributed by atoms with Crippen LogP contribution in [0.5, 0.6) is 5.75 Å². The predicted molar refractivity (Wildman–Crippen MR) is 68.7 cm³/mol. The summed E-state index contributed by atoms with van der Waals surface area (Å²) < 4.78 is 5.20. The van der Waals surface area contributed by atoms with Crippen molar-refractivity contribution in [2.45, 2.75) is 39.7 Å². The minimum Gasteiger partial charge on any atom is -0.497 e. The third-order valence-electron chi connectivity index (χ3n) is 2.99. The third-order valence-corrected chi connectivity index (χ3v) is 2.99. The molecule has 2 N–H and O–H groups in total. The Hall–Kier alpha value is -1.02. The van der Waals surface area contributed by atoms with Crippen molar-refractivity contribution in [3.05, 3.63) is 29.8 Å². The Labute approximate surface area is 98.8 Å².